The second kappa shape index (κ2) is 2.43. The van der Waals surface area contributed by atoms with Gasteiger partial charge in [0.25, 0.3) is 0 Å². The van der Waals surface area contributed by atoms with Crippen molar-refractivity contribution in [2.24, 2.45) is 10.2 Å². The molecule has 0 amide bonds. The van der Waals surface area contributed by atoms with E-state index in [0.29, 0.717) is 0 Å². The molecule has 1 aliphatic heterocycles. The van der Waals surface area contributed by atoms with E-state index in [1.807, 2.05) is 18.2 Å². The number of hydrogen-bond acceptors (Lipinski definition) is 3. The van der Waals surface area contributed by atoms with Crippen LogP contribution >= 0.6 is 0 Å². The summed E-state index contributed by atoms with van der Waals surface area (Å²) < 4.78 is 0. The Balaban J connectivity index is 2.29. The van der Waals surface area contributed by atoms with Gasteiger partial charge in [-0.05, 0) is 11.6 Å². The summed E-state index contributed by atoms with van der Waals surface area (Å²) in [6.45, 7) is 0.0839. The van der Waals surface area contributed by atoms with E-state index in [1.165, 1.54) is 0 Å². The number of fused-ring (bicyclic) bond motifs is 1. The molecule has 0 aromatic rings. The number of hydrogen-bond donors (Lipinski definition) is 1. The lowest BCUT2D eigenvalue weighted by Gasteiger charge is -2.08. The Morgan fingerprint density at radius 3 is 3.27 bits per heavy atom. The number of aliphatic hydroxyl groups excluding tert-OH is 1. The highest BCUT2D eigenvalue weighted by Gasteiger charge is 2.15. The van der Waals surface area contributed by atoms with Crippen molar-refractivity contribution in [3.05, 3.63) is 35.6 Å². The van der Waals surface area contributed by atoms with Gasteiger partial charge in [0, 0.05) is 5.57 Å². The van der Waals surface area contributed by atoms with Crippen molar-refractivity contribution in [1.29, 1.82) is 0 Å². The van der Waals surface area contributed by atoms with Gasteiger partial charge in [-0.25, -0.2) is 0 Å². The molecule has 0 spiro atoms. The molecular formula is C8H8N2O. The second-order valence-corrected chi connectivity index (χ2v) is 2.54. The smallest absolute Gasteiger partial charge is 0.116 e. The zero-order chi connectivity index (χ0) is 7.68. The van der Waals surface area contributed by atoms with Crippen LogP contribution in [-0.2, 0) is 0 Å². The van der Waals surface area contributed by atoms with Crippen LogP contribution in [0.4, 0.5) is 0 Å². The van der Waals surface area contributed by atoms with Crippen molar-refractivity contribution in [3.63, 3.8) is 0 Å². The van der Waals surface area contributed by atoms with Crippen LogP contribution in [0.1, 0.15) is 0 Å². The van der Waals surface area contributed by atoms with Crippen molar-refractivity contribution >= 4 is 0 Å². The Morgan fingerprint density at radius 1 is 1.55 bits per heavy atom. The summed E-state index contributed by atoms with van der Waals surface area (Å²) in [5, 5.41) is 16.5. The molecule has 1 N–H and O–H groups in total. The highest BCUT2D eigenvalue weighted by Crippen LogP contribution is 2.23. The third kappa shape index (κ3) is 1.03. The standard InChI is InChI=1S/C8H8N2O/c11-5-6-1-2-8-7(3-6)4-9-10-8/h1-4,8,11H,5H2/t8-/m1/s1. The lowest BCUT2D eigenvalue weighted by atomic mass is 10.00. The van der Waals surface area contributed by atoms with Crippen molar-refractivity contribution in [3.8, 4) is 0 Å². The molecule has 2 rings (SSSR count). The van der Waals surface area contributed by atoms with Gasteiger partial charge in [0.1, 0.15) is 6.04 Å². The molecule has 0 saturated carbocycles. The average Bonchev–Trinajstić information content (AvgIpc) is 2.50. The van der Waals surface area contributed by atoms with Crippen LogP contribution in [-0.4, -0.2) is 17.8 Å². The number of azo groups is 1. The van der Waals surface area contributed by atoms with Gasteiger partial charge in [0.2, 0.25) is 0 Å². The van der Waals surface area contributed by atoms with E-state index in [0.717, 1.165) is 11.1 Å². The van der Waals surface area contributed by atoms with Crippen LogP contribution in [0.2, 0.25) is 0 Å². The number of nitrogens with zero attached hydrogens (tertiary/aromatic N) is 2. The third-order valence-corrected chi connectivity index (χ3v) is 1.77. The molecule has 56 valence electrons. The van der Waals surface area contributed by atoms with Crippen molar-refractivity contribution in [2.45, 2.75) is 6.04 Å². The van der Waals surface area contributed by atoms with Crippen molar-refractivity contribution < 1.29 is 5.11 Å². The summed E-state index contributed by atoms with van der Waals surface area (Å²) in [6.07, 6.45) is 7.47. The van der Waals surface area contributed by atoms with Gasteiger partial charge < -0.3 is 5.11 Å². The summed E-state index contributed by atoms with van der Waals surface area (Å²) >= 11 is 0. The molecule has 0 aromatic heterocycles. The summed E-state index contributed by atoms with van der Waals surface area (Å²) in [5.74, 6) is 0. The van der Waals surface area contributed by atoms with Crippen LogP contribution < -0.4 is 0 Å². The Morgan fingerprint density at radius 2 is 2.45 bits per heavy atom. The Hall–Kier alpha value is -1.22. The van der Waals surface area contributed by atoms with Gasteiger partial charge in [0.15, 0.2) is 0 Å². The van der Waals surface area contributed by atoms with E-state index in [1.54, 1.807) is 6.20 Å². The van der Waals surface area contributed by atoms with Gasteiger partial charge >= 0.3 is 0 Å². The SMILES string of the molecule is OCC1=CC2=CN=N[C@@H]2C=C1. The van der Waals surface area contributed by atoms with Crippen LogP contribution in [0.25, 0.3) is 0 Å². The molecule has 11 heavy (non-hydrogen) atoms. The molecule has 2 aliphatic rings. The molecule has 0 fully saturated rings. The maximum absolute atomic E-state index is 8.80. The van der Waals surface area contributed by atoms with E-state index in [9.17, 15) is 0 Å². The Kier molecular flexibility index (Phi) is 1.43. The fraction of sp³-hybridized carbons (Fsp3) is 0.250. The quantitative estimate of drug-likeness (QED) is 0.596. The van der Waals surface area contributed by atoms with Crippen LogP contribution in [0.3, 0.4) is 0 Å². The molecule has 3 nitrogen and oxygen atoms in total. The third-order valence-electron chi connectivity index (χ3n) is 1.77. The molecule has 0 unspecified atom stereocenters. The van der Waals surface area contributed by atoms with Gasteiger partial charge in [-0.1, -0.05) is 12.2 Å². The minimum absolute atomic E-state index is 0.0839. The average molecular weight is 148 g/mol. The highest BCUT2D eigenvalue weighted by atomic mass is 16.3. The van der Waals surface area contributed by atoms with Gasteiger partial charge in [-0.2, -0.15) is 10.2 Å². The normalized spacial score (nSPS) is 26.5. The van der Waals surface area contributed by atoms with E-state index in [4.69, 9.17) is 5.11 Å². The van der Waals surface area contributed by atoms with Crippen molar-refractivity contribution in [1.82, 2.24) is 0 Å². The fourth-order valence-electron chi connectivity index (χ4n) is 1.16. The maximum Gasteiger partial charge on any atom is 0.116 e. The van der Waals surface area contributed by atoms with Gasteiger partial charge in [0.05, 0.1) is 12.8 Å². The molecule has 1 atom stereocenters. The van der Waals surface area contributed by atoms with Crippen LogP contribution in [0.15, 0.2) is 45.8 Å². The summed E-state index contributed by atoms with van der Waals surface area (Å²) in [6, 6.07) is 0.102. The minimum atomic E-state index is 0.0839. The monoisotopic (exact) mass is 148 g/mol. The zero-order valence-corrected chi connectivity index (χ0v) is 5.94. The molecule has 0 radical (unpaired) electrons. The molecule has 1 aliphatic carbocycles. The Labute approximate surface area is 64.5 Å². The van der Waals surface area contributed by atoms with Gasteiger partial charge in [-0.3, -0.25) is 0 Å². The predicted octanol–water partition coefficient (Wildman–Crippen LogP) is 1.19. The molecule has 3 heteroatoms. The molecule has 0 bridgehead atoms. The first-order chi connectivity index (χ1) is 5.40. The first-order valence-corrected chi connectivity index (χ1v) is 3.50. The molecule has 0 saturated heterocycles. The topological polar surface area (TPSA) is 45.0 Å². The lowest BCUT2D eigenvalue weighted by Crippen LogP contribution is -2.05. The summed E-state index contributed by atoms with van der Waals surface area (Å²) in [5.41, 5.74) is 1.98. The number of aliphatic hydroxyl groups is 1. The van der Waals surface area contributed by atoms with E-state index < -0.39 is 0 Å². The van der Waals surface area contributed by atoms with Crippen LogP contribution in [0, 0.1) is 0 Å². The molecule has 0 aromatic carbocycles. The predicted molar refractivity (Wildman–Crippen MR) is 41.0 cm³/mol. The van der Waals surface area contributed by atoms with E-state index in [2.05, 4.69) is 10.2 Å². The maximum atomic E-state index is 8.80. The lowest BCUT2D eigenvalue weighted by molar-refractivity contribution is 0.334. The largest absolute Gasteiger partial charge is 0.392 e. The summed E-state index contributed by atoms with van der Waals surface area (Å²) in [4.78, 5) is 0. The number of rotatable bonds is 1. The molecular weight excluding hydrogens is 140 g/mol. The second-order valence-electron chi connectivity index (χ2n) is 2.54. The minimum Gasteiger partial charge on any atom is -0.392 e. The van der Waals surface area contributed by atoms with E-state index in [-0.39, 0.29) is 12.6 Å². The van der Waals surface area contributed by atoms with Crippen molar-refractivity contribution in [2.75, 3.05) is 6.61 Å². The van der Waals surface area contributed by atoms with E-state index >= 15 is 0 Å². The molecule has 1 heterocycles. The first kappa shape index (κ1) is 6.49. The Bertz CT molecular complexity index is 286. The van der Waals surface area contributed by atoms with Gasteiger partial charge in [-0.15, -0.1) is 0 Å². The van der Waals surface area contributed by atoms with Crippen LogP contribution in [0.5, 0.6) is 0 Å². The highest BCUT2D eigenvalue weighted by molar-refractivity contribution is 5.42. The summed E-state index contributed by atoms with van der Waals surface area (Å²) in [7, 11) is 0. The fourth-order valence-corrected chi connectivity index (χ4v) is 1.16. The first-order valence-electron chi connectivity index (χ1n) is 3.50. The zero-order valence-electron chi connectivity index (χ0n) is 5.94.